The van der Waals surface area contributed by atoms with Gasteiger partial charge in [0.2, 0.25) is 0 Å². The molecule has 0 aliphatic carbocycles. The van der Waals surface area contributed by atoms with Crippen LogP contribution >= 0.6 is 31.9 Å². The van der Waals surface area contributed by atoms with E-state index < -0.39 is 0 Å². The highest BCUT2D eigenvalue weighted by atomic mass is 79.9. The van der Waals surface area contributed by atoms with Gasteiger partial charge < -0.3 is 11.5 Å². The molecule has 0 atom stereocenters. The van der Waals surface area contributed by atoms with E-state index in [1.54, 1.807) is 12.1 Å². The van der Waals surface area contributed by atoms with Crippen LogP contribution in [0.1, 0.15) is 0 Å². The minimum absolute atomic E-state index is 0.593. The lowest BCUT2D eigenvalue weighted by molar-refractivity contribution is 1.57. The summed E-state index contributed by atoms with van der Waals surface area (Å²) in [5.74, 6) is 0. The van der Waals surface area contributed by atoms with Crippen molar-refractivity contribution in [2.45, 2.75) is 0 Å². The zero-order chi connectivity index (χ0) is 7.72. The summed E-state index contributed by atoms with van der Waals surface area (Å²) in [7, 11) is 0. The van der Waals surface area contributed by atoms with Crippen LogP contribution in [0.2, 0.25) is 0 Å². The molecular formula is C6H6Br2N2. The summed E-state index contributed by atoms with van der Waals surface area (Å²) in [5.41, 5.74) is 12.2. The number of benzene rings is 1. The molecule has 0 radical (unpaired) electrons. The van der Waals surface area contributed by atoms with E-state index in [0.717, 1.165) is 8.95 Å². The molecule has 0 unspecified atom stereocenters. The first-order valence-corrected chi connectivity index (χ1v) is 4.20. The van der Waals surface area contributed by atoms with Gasteiger partial charge in [0.15, 0.2) is 0 Å². The molecular weight excluding hydrogens is 266 g/mol. The topological polar surface area (TPSA) is 52.0 Å². The molecule has 0 aliphatic heterocycles. The summed E-state index contributed by atoms with van der Waals surface area (Å²) in [6, 6.07) is 3.53. The average molecular weight is 272 g/mol. The monoisotopic (exact) mass is 270 g/mol. The first kappa shape index (κ1) is 7.88. The van der Waals surface area contributed by atoms with Gasteiger partial charge in [-0.2, -0.15) is 0 Å². The molecule has 4 heteroatoms. The minimum Gasteiger partial charge on any atom is -0.397 e. The Hall–Kier alpha value is -0.220. The lowest BCUT2D eigenvalue weighted by Gasteiger charge is -2.01. The molecule has 0 aromatic heterocycles. The maximum atomic E-state index is 5.51. The summed E-state index contributed by atoms with van der Waals surface area (Å²) >= 11 is 6.60. The summed E-state index contributed by atoms with van der Waals surface area (Å²) in [6.45, 7) is 0. The van der Waals surface area contributed by atoms with Gasteiger partial charge in [0.25, 0.3) is 0 Å². The van der Waals surface area contributed by atoms with Crippen LogP contribution in [-0.4, -0.2) is 0 Å². The van der Waals surface area contributed by atoms with E-state index in [1.807, 2.05) is 0 Å². The Bertz CT molecular complexity index is 210. The standard InChI is InChI=1S/C6H6Br2N2/c7-3-1-5(9)6(10)2-4(3)8/h1-2H,9-10H2/i1+1,2+1,3+1,4+1,5+1,6+1. The van der Waals surface area contributed by atoms with E-state index in [2.05, 4.69) is 31.9 Å². The Balaban J connectivity index is 3.28. The Morgan fingerprint density at radius 3 is 1.50 bits per heavy atom. The van der Waals surface area contributed by atoms with Crippen LogP contribution in [0.4, 0.5) is 11.4 Å². The van der Waals surface area contributed by atoms with Crippen molar-refractivity contribution >= 4 is 43.2 Å². The molecule has 0 fully saturated rings. The maximum Gasteiger partial charge on any atom is 0.0559 e. The fraction of sp³-hybridized carbons (Fsp3) is 0. The molecule has 10 heavy (non-hydrogen) atoms. The van der Waals surface area contributed by atoms with Crippen molar-refractivity contribution in [3.05, 3.63) is 21.1 Å². The van der Waals surface area contributed by atoms with Gasteiger partial charge in [-0.3, -0.25) is 0 Å². The van der Waals surface area contributed by atoms with Gasteiger partial charge in [0.1, 0.15) is 0 Å². The van der Waals surface area contributed by atoms with Crippen LogP contribution in [0.3, 0.4) is 0 Å². The number of hydrogen-bond donors (Lipinski definition) is 2. The summed E-state index contributed by atoms with van der Waals surface area (Å²) in [4.78, 5) is 0. The van der Waals surface area contributed by atoms with Crippen LogP contribution < -0.4 is 11.5 Å². The quantitative estimate of drug-likeness (QED) is 0.712. The van der Waals surface area contributed by atoms with Crippen molar-refractivity contribution in [3.8, 4) is 0 Å². The Morgan fingerprint density at radius 1 is 0.900 bits per heavy atom. The molecule has 0 saturated heterocycles. The largest absolute Gasteiger partial charge is 0.397 e. The maximum absolute atomic E-state index is 5.51. The second-order valence-electron chi connectivity index (χ2n) is 1.90. The van der Waals surface area contributed by atoms with Crippen molar-refractivity contribution in [1.29, 1.82) is 0 Å². The SMILES string of the molecule is N[13c]1[13cH][13c](Br)[13c](Br)[13cH][13c]1N. The molecule has 0 saturated carbocycles. The van der Waals surface area contributed by atoms with E-state index in [-0.39, 0.29) is 0 Å². The van der Waals surface area contributed by atoms with Gasteiger partial charge in [-0.25, -0.2) is 0 Å². The first-order chi connectivity index (χ1) is 4.61. The highest BCUT2D eigenvalue weighted by Crippen LogP contribution is 2.29. The zero-order valence-corrected chi connectivity index (χ0v) is 8.24. The molecule has 0 spiro atoms. The van der Waals surface area contributed by atoms with E-state index in [4.69, 9.17) is 11.5 Å². The number of anilines is 2. The number of rotatable bonds is 0. The number of halogens is 2. The average Bonchev–Trinajstić information content (AvgIpc) is 1.84. The lowest BCUT2D eigenvalue weighted by Crippen LogP contribution is -1.93. The lowest BCUT2D eigenvalue weighted by atomic mass is 11.2. The normalized spacial score (nSPS) is 9.80. The van der Waals surface area contributed by atoms with Crippen LogP contribution in [0.15, 0.2) is 21.1 Å². The molecule has 54 valence electrons. The van der Waals surface area contributed by atoms with E-state index in [0.29, 0.717) is 11.4 Å². The van der Waals surface area contributed by atoms with Gasteiger partial charge in [-0.05, 0) is 44.0 Å². The van der Waals surface area contributed by atoms with Crippen molar-refractivity contribution in [1.82, 2.24) is 0 Å². The molecule has 2 nitrogen and oxygen atoms in total. The van der Waals surface area contributed by atoms with Crippen LogP contribution in [-0.2, 0) is 0 Å². The van der Waals surface area contributed by atoms with Crippen molar-refractivity contribution in [3.63, 3.8) is 0 Å². The van der Waals surface area contributed by atoms with Crippen molar-refractivity contribution in [2.24, 2.45) is 0 Å². The van der Waals surface area contributed by atoms with Gasteiger partial charge in [-0.15, -0.1) is 0 Å². The van der Waals surface area contributed by atoms with Gasteiger partial charge in [0, 0.05) is 8.95 Å². The molecule has 1 aromatic carbocycles. The smallest absolute Gasteiger partial charge is 0.0559 e. The second-order valence-corrected chi connectivity index (χ2v) is 3.60. The predicted octanol–water partition coefficient (Wildman–Crippen LogP) is 2.38. The number of hydrogen-bond acceptors (Lipinski definition) is 2. The molecule has 0 amide bonds. The Morgan fingerprint density at radius 2 is 1.20 bits per heavy atom. The van der Waals surface area contributed by atoms with Crippen LogP contribution in [0.25, 0.3) is 0 Å². The second kappa shape index (κ2) is 2.80. The van der Waals surface area contributed by atoms with Gasteiger partial charge in [0.05, 0.1) is 11.4 Å². The molecule has 0 bridgehead atoms. The third-order valence-electron chi connectivity index (χ3n) is 1.13. The molecule has 4 N–H and O–H groups in total. The van der Waals surface area contributed by atoms with Crippen LogP contribution in [0.5, 0.6) is 0 Å². The molecule has 1 aromatic rings. The van der Waals surface area contributed by atoms with E-state index in [1.165, 1.54) is 0 Å². The summed E-state index contributed by atoms with van der Waals surface area (Å²) in [5, 5.41) is 0. The molecule has 1 rings (SSSR count). The van der Waals surface area contributed by atoms with Crippen molar-refractivity contribution < 1.29 is 0 Å². The van der Waals surface area contributed by atoms with E-state index in [9.17, 15) is 0 Å². The highest BCUT2D eigenvalue weighted by Gasteiger charge is 1.99. The van der Waals surface area contributed by atoms with Crippen LogP contribution in [0, 0.1) is 0 Å². The molecule has 0 heterocycles. The van der Waals surface area contributed by atoms with Gasteiger partial charge >= 0.3 is 0 Å². The Labute approximate surface area is 75.8 Å². The first-order valence-electron chi connectivity index (χ1n) is 2.61. The fourth-order valence-corrected chi connectivity index (χ4v) is 1.30. The number of nitrogens with two attached hydrogens (primary N) is 2. The summed E-state index contributed by atoms with van der Waals surface area (Å²) in [6.07, 6.45) is 0. The Kier molecular flexibility index (Phi) is 2.21. The third kappa shape index (κ3) is 1.44. The predicted molar refractivity (Wildman–Crippen MR) is 50.7 cm³/mol. The van der Waals surface area contributed by atoms with Crippen molar-refractivity contribution in [2.75, 3.05) is 11.5 Å². The fourth-order valence-electron chi connectivity index (χ4n) is 0.578. The van der Waals surface area contributed by atoms with E-state index >= 15 is 0 Å². The molecule has 0 aliphatic rings. The third-order valence-corrected chi connectivity index (χ3v) is 2.97. The number of nitrogen functional groups attached to an aromatic ring is 2. The summed E-state index contributed by atoms with van der Waals surface area (Å²) < 4.78 is 1.83. The minimum atomic E-state index is 0.593. The highest BCUT2D eigenvalue weighted by molar-refractivity contribution is 9.13. The zero-order valence-electron chi connectivity index (χ0n) is 5.07. The van der Waals surface area contributed by atoms with Gasteiger partial charge in [-0.1, -0.05) is 0 Å².